The third-order valence-electron chi connectivity index (χ3n) is 4.25. The van der Waals surface area contributed by atoms with E-state index in [0.29, 0.717) is 23.7 Å². The van der Waals surface area contributed by atoms with Gasteiger partial charge >= 0.3 is 6.03 Å². The summed E-state index contributed by atoms with van der Waals surface area (Å²) in [5.41, 5.74) is 6.50. The number of nitrogens with one attached hydrogen (secondary N) is 1. The number of likely N-dealkylation sites (tertiary alicyclic amines) is 1. The highest BCUT2D eigenvalue weighted by Crippen LogP contribution is 2.26. The highest BCUT2D eigenvalue weighted by atomic mass is 32.1. The first-order valence-electron chi connectivity index (χ1n) is 7.26. The molecular weight excluding hydrogens is 288 g/mol. The minimum absolute atomic E-state index is 0.0291. The fraction of sp³-hybridized carbons (Fsp3) is 0.571. The van der Waals surface area contributed by atoms with Gasteiger partial charge in [-0.2, -0.15) is 0 Å². The van der Waals surface area contributed by atoms with Crippen molar-refractivity contribution in [2.75, 3.05) is 31.9 Å². The number of carbonyl (C=O) groups excluding carboxylic acids is 2. The van der Waals surface area contributed by atoms with E-state index < -0.39 is 0 Å². The molecule has 3 heterocycles. The van der Waals surface area contributed by atoms with Gasteiger partial charge in [0.1, 0.15) is 0 Å². The SMILES string of the molecule is Cc1sc(C(=O)N2CCC(N3CCNC3=O)CC2)cc1N. The van der Waals surface area contributed by atoms with Crippen LogP contribution in [-0.4, -0.2) is 54.0 Å². The number of thiophene rings is 1. The van der Waals surface area contributed by atoms with E-state index in [1.165, 1.54) is 11.3 Å². The van der Waals surface area contributed by atoms with Crippen LogP contribution in [0, 0.1) is 6.92 Å². The molecular formula is C14H20N4O2S. The molecule has 2 fully saturated rings. The Labute approximate surface area is 127 Å². The lowest BCUT2D eigenvalue weighted by Crippen LogP contribution is -2.47. The maximum absolute atomic E-state index is 12.4. The van der Waals surface area contributed by atoms with Gasteiger partial charge in [-0.25, -0.2) is 4.79 Å². The molecule has 0 atom stereocenters. The van der Waals surface area contributed by atoms with Gasteiger partial charge in [-0.15, -0.1) is 11.3 Å². The standard InChI is InChI=1S/C14H20N4O2S/c1-9-11(15)8-12(21-9)13(19)17-5-2-10(3-6-17)18-7-4-16-14(18)20/h8,10H,2-7,15H2,1H3,(H,16,20). The monoisotopic (exact) mass is 308 g/mol. The molecule has 3 amide bonds. The first kappa shape index (κ1) is 14.2. The molecule has 0 radical (unpaired) electrons. The number of carbonyl (C=O) groups is 2. The summed E-state index contributed by atoms with van der Waals surface area (Å²) in [6.07, 6.45) is 1.69. The van der Waals surface area contributed by atoms with Crippen LogP contribution in [0.5, 0.6) is 0 Å². The lowest BCUT2D eigenvalue weighted by atomic mass is 10.0. The molecule has 1 aromatic heterocycles. The minimum Gasteiger partial charge on any atom is -0.398 e. The zero-order valence-electron chi connectivity index (χ0n) is 12.1. The Balaban J connectivity index is 1.60. The Bertz CT molecular complexity index is 544. The third kappa shape index (κ3) is 2.70. The van der Waals surface area contributed by atoms with Crippen molar-refractivity contribution in [2.24, 2.45) is 0 Å². The fourth-order valence-electron chi connectivity index (χ4n) is 2.97. The van der Waals surface area contributed by atoms with Crippen molar-refractivity contribution >= 4 is 29.0 Å². The van der Waals surface area contributed by atoms with Gasteiger partial charge in [0.2, 0.25) is 0 Å². The predicted octanol–water partition coefficient (Wildman–Crippen LogP) is 1.27. The first-order valence-corrected chi connectivity index (χ1v) is 8.07. The molecule has 0 aromatic carbocycles. The van der Waals surface area contributed by atoms with E-state index in [-0.39, 0.29) is 18.0 Å². The molecule has 114 valence electrons. The van der Waals surface area contributed by atoms with E-state index in [1.54, 1.807) is 6.07 Å². The van der Waals surface area contributed by atoms with Crippen molar-refractivity contribution in [3.8, 4) is 0 Å². The van der Waals surface area contributed by atoms with Crippen molar-refractivity contribution in [3.05, 3.63) is 15.8 Å². The molecule has 0 bridgehead atoms. The average Bonchev–Trinajstić information content (AvgIpc) is 3.05. The normalized spacial score (nSPS) is 20.0. The van der Waals surface area contributed by atoms with E-state index in [9.17, 15) is 9.59 Å². The van der Waals surface area contributed by atoms with E-state index in [2.05, 4.69) is 5.32 Å². The van der Waals surface area contributed by atoms with E-state index in [0.717, 1.165) is 30.8 Å². The Morgan fingerprint density at radius 2 is 2.10 bits per heavy atom. The van der Waals surface area contributed by atoms with Gasteiger partial charge in [0.25, 0.3) is 5.91 Å². The molecule has 0 saturated carbocycles. The quantitative estimate of drug-likeness (QED) is 0.863. The zero-order chi connectivity index (χ0) is 15.0. The van der Waals surface area contributed by atoms with Gasteiger partial charge in [0.15, 0.2) is 0 Å². The number of anilines is 1. The van der Waals surface area contributed by atoms with Crippen LogP contribution in [0.1, 0.15) is 27.4 Å². The molecule has 7 heteroatoms. The number of rotatable bonds is 2. The van der Waals surface area contributed by atoms with E-state index in [1.807, 2.05) is 16.7 Å². The second kappa shape index (κ2) is 5.55. The Kier molecular flexibility index (Phi) is 3.75. The van der Waals surface area contributed by atoms with Crippen LogP contribution in [0.3, 0.4) is 0 Å². The molecule has 3 N–H and O–H groups in total. The molecule has 2 aliphatic rings. The molecule has 21 heavy (non-hydrogen) atoms. The average molecular weight is 308 g/mol. The van der Waals surface area contributed by atoms with Gasteiger partial charge < -0.3 is 20.9 Å². The molecule has 3 rings (SSSR count). The van der Waals surface area contributed by atoms with Crippen LogP contribution in [0.2, 0.25) is 0 Å². The number of nitrogen functional groups attached to an aromatic ring is 1. The molecule has 0 aliphatic carbocycles. The van der Waals surface area contributed by atoms with Crippen molar-refractivity contribution in [1.29, 1.82) is 0 Å². The molecule has 2 aliphatic heterocycles. The summed E-state index contributed by atoms with van der Waals surface area (Å²) in [5.74, 6) is 0.0594. The largest absolute Gasteiger partial charge is 0.398 e. The Morgan fingerprint density at radius 3 is 2.62 bits per heavy atom. The van der Waals surface area contributed by atoms with Crippen molar-refractivity contribution < 1.29 is 9.59 Å². The van der Waals surface area contributed by atoms with Crippen molar-refractivity contribution in [3.63, 3.8) is 0 Å². The van der Waals surface area contributed by atoms with Gasteiger partial charge in [0, 0.05) is 42.8 Å². The number of aryl methyl sites for hydroxylation is 1. The second-order valence-electron chi connectivity index (χ2n) is 5.57. The first-order chi connectivity index (χ1) is 10.1. The van der Waals surface area contributed by atoms with Crippen LogP contribution < -0.4 is 11.1 Å². The number of amides is 3. The summed E-state index contributed by atoms with van der Waals surface area (Å²) in [6, 6.07) is 2.05. The summed E-state index contributed by atoms with van der Waals surface area (Å²) in [4.78, 5) is 29.6. The van der Waals surface area contributed by atoms with Crippen LogP contribution in [0.4, 0.5) is 10.5 Å². The highest BCUT2D eigenvalue weighted by molar-refractivity contribution is 7.14. The van der Waals surface area contributed by atoms with Gasteiger partial charge in [-0.05, 0) is 25.8 Å². The zero-order valence-corrected chi connectivity index (χ0v) is 12.9. The summed E-state index contributed by atoms with van der Waals surface area (Å²) in [7, 11) is 0. The van der Waals surface area contributed by atoms with Crippen LogP contribution in [0.15, 0.2) is 6.07 Å². The third-order valence-corrected chi connectivity index (χ3v) is 5.30. The molecule has 2 saturated heterocycles. The summed E-state index contributed by atoms with van der Waals surface area (Å²) >= 11 is 1.45. The number of nitrogens with two attached hydrogens (primary N) is 1. The number of hydrogen-bond donors (Lipinski definition) is 2. The Morgan fingerprint density at radius 1 is 1.38 bits per heavy atom. The minimum atomic E-state index is 0.0291. The molecule has 0 unspecified atom stereocenters. The lowest BCUT2D eigenvalue weighted by molar-refractivity contribution is 0.0671. The smallest absolute Gasteiger partial charge is 0.317 e. The maximum atomic E-state index is 12.4. The highest BCUT2D eigenvalue weighted by Gasteiger charge is 2.32. The fourth-order valence-corrected chi connectivity index (χ4v) is 3.88. The van der Waals surface area contributed by atoms with Crippen LogP contribution >= 0.6 is 11.3 Å². The summed E-state index contributed by atoms with van der Waals surface area (Å²) < 4.78 is 0. The van der Waals surface area contributed by atoms with Crippen LogP contribution in [0.25, 0.3) is 0 Å². The molecule has 0 spiro atoms. The van der Waals surface area contributed by atoms with Crippen molar-refractivity contribution in [2.45, 2.75) is 25.8 Å². The van der Waals surface area contributed by atoms with Crippen LogP contribution in [-0.2, 0) is 0 Å². The van der Waals surface area contributed by atoms with Crippen molar-refractivity contribution in [1.82, 2.24) is 15.1 Å². The topological polar surface area (TPSA) is 78.7 Å². The molecule has 1 aromatic rings. The summed E-state index contributed by atoms with van der Waals surface area (Å²) in [6.45, 7) is 4.83. The summed E-state index contributed by atoms with van der Waals surface area (Å²) in [5, 5.41) is 2.83. The maximum Gasteiger partial charge on any atom is 0.317 e. The number of urea groups is 1. The van der Waals surface area contributed by atoms with E-state index >= 15 is 0 Å². The molecule has 6 nitrogen and oxygen atoms in total. The lowest BCUT2D eigenvalue weighted by Gasteiger charge is -2.35. The second-order valence-corrected chi connectivity index (χ2v) is 6.83. The van der Waals surface area contributed by atoms with Gasteiger partial charge in [-0.3, -0.25) is 4.79 Å². The van der Waals surface area contributed by atoms with Gasteiger partial charge in [0.05, 0.1) is 4.88 Å². The van der Waals surface area contributed by atoms with E-state index in [4.69, 9.17) is 5.73 Å². The number of nitrogens with zero attached hydrogens (tertiary/aromatic N) is 2. The number of hydrogen-bond acceptors (Lipinski definition) is 4. The van der Waals surface area contributed by atoms with Gasteiger partial charge in [-0.1, -0.05) is 0 Å². The Hall–Kier alpha value is -1.76. The number of piperidine rings is 1. The predicted molar refractivity (Wildman–Crippen MR) is 82.5 cm³/mol.